The molecule has 0 radical (unpaired) electrons. The van der Waals surface area contributed by atoms with Crippen LogP contribution in [-0.4, -0.2) is 56.3 Å². The van der Waals surface area contributed by atoms with Crippen molar-refractivity contribution in [2.45, 2.75) is 18.4 Å². The van der Waals surface area contributed by atoms with Crippen LogP contribution >= 0.6 is 0 Å². The van der Waals surface area contributed by atoms with E-state index < -0.39 is 10.0 Å². The number of nitrogens with one attached hydrogen (secondary N) is 1. The fourth-order valence-corrected chi connectivity index (χ4v) is 4.57. The number of nitrogens with zero attached hydrogens (tertiary/aromatic N) is 2. The van der Waals surface area contributed by atoms with E-state index in [1.807, 2.05) is 36.1 Å². The van der Waals surface area contributed by atoms with Crippen molar-refractivity contribution in [3.8, 4) is 0 Å². The lowest BCUT2D eigenvalue weighted by Crippen LogP contribution is -2.50. The van der Waals surface area contributed by atoms with E-state index in [-0.39, 0.29) is 12.5 Å². The summed E-state index contributed by atoms with van der Waals surface area (Å²) in [6.45, 7) is 4.69. The van der Waals surface area contributed by atoms with Gasteiger partial charge in [0.25, 0.3) is 0 Å². The Morgan fingerprint density at radius 1 is 0.963 bits per heavy atom. The first kappa shape index (κ1) is 19.5. The third kappa shape index (κ3) is 4.94. The molecule has 0 aromatic heterocycles. The quantitative estimate of drug-likeness (QED) is 0.818. The van der Waals surface area contributed by atoms with Crippen LogP contribution in [0.15, 0.2) is 59.5 Å². The van der Waals surface area contributed by atoms with E-state index in [4.69, 9.17) is 0 Å². The number of hydrogen-bond donors (Lipinski definition) is 1. The van der Waals surface area contributed by atoms with Gasteiger partial charge in [0, 0.05) is 32.7 Å². The fraction of sp³-hybridized carbons (Fsp3) is 0.350. The Bertz CT molecular complexity index is 876. The number of aryl methyl sites for hydroxylation is 1. The Hall–Kier alpha value is -2.22. The SMILES string of the molecule is Cc1ccccc1CNC(=O)CN1CCN(S(=O)(=O)c2ccccc2)CC1. The Morgan fingerprint density at radius 2 is 1.59 bits per heavy atom. The molecule has 1 N–H and O–H groups in total. The van der Waals surface area contributed by atoms with Gasteiger partial charge in [-0.2, -0.15) is 4.31 Å². The van der Waals surface area contributed by atoms with Gasteiger partial charge in [0.15, 0.2) is 0 Å². The molecular formula is C20H25N3O3S. The standard InChI is InChI=1S/C20H25N3O3S/c1-17-7-5-6-8-18(17)15-21-20(24)16-22-11-13-23(14-12-22)27(25,26)19-9-3-2-4-10-19/h2-10H,11-16H2,1H3,(H,21,24). The molecular weight excluding hydrogens is 362 g/mol. The molecule has 0 saturated carbocycles. The van der Waals surface area contributed by atoms with Crippen LogP contribution in [0.2, 0.25) is 0 Å². The van der Waals surface area contributed by atoms with Crippen molar-refractivity contribution in [3.63, 3.8) is 0 Å². The summed E-state index contributed by atoms with van der Waals surface area (Å²) in [5.41, 5.74) is 2.25. The molecule has 0 aliphatic carbocycles. The van der Waals surface area contributed by atoms with Crippen LogP contribution < -0.4 is 5.32 Å². The number of rotatable bonds is 6. The number of hydrogen-bond acceptors (Lipinski definition) is 4. The number of amides is 1. The predicted octanol–water partition coefficient (Wildman–Crippen LogP) is 1.62. The summed E-state index contributed by atoms with van der Waals surface area (Å²) in [6.07, 6.45) is 0. The van der Waals surface area contributed by atoms with E-state index in [2.05, 4.69) is 5.32 Å². The Morgan fingerprint density at radius 3 is 2.26 bits per heavy atom. The number of carbonyl (C=O) groups is 1. The molecule has 2 aromatic carbocycles. The highest BCUT2D eigenvalue weighted by Gasteiger charge is 2.28. The van der Waals surface area contributed by atoms with Gasteiger partial charge in [-0.3, -0.25) is 9.69 Å². The summed E-state index contributed by atoms with van der Waals surface area (Å²) < 4.78 is 26.8. The highest BCUT2D eigenvalue weighted by atomic mass is 32.2. The Labute approximate surface area is 160 Å². The van der Waals surface area contributed by atoms with Crippen molar-refractivity contribution in [2.75, 3.05) is 32.7 Å². The second-order valence-electron chi connectivity index (χ2n) is 6.70. The minimum atomic E-state index is -3.46. The van der Waals surface area contributed by atoms with E-state index in [0.717, 1.165) is 11.1 Å². The summed E-state index contributed by atoms with van der Waals surface area (Å²) in [5.74, 6) is -0.0439. The topological polar surface area (TPSA) is 69.7 Å². The van der Waals surface area contributed by atoms with Gasteiger partial charge < -0.3 is 5.32 Å². The summed E-state index contributed by atoms with van der Waals surface area (Å²) in [4.78, 5) is 14.5. The minimum Gasteiger partial charge on any atom is -0.351 e. The van der Waals surface area contributed by atoms with Crippen LogP contribution in [-0.2, 0) is 21.4 Å². The highest BCUT2D eigenvalue weighted by Crippen LogP contribution is 2.17. The molecule has 3 rings (SSSR count). The zero-order valence-electron chi connectivity index (χ0n) is 15.5. The Balaban J connectivity index is 1.48. The van der Waals surface area contributed by atoms with Gasteiger partial charge in [-0.15, -0.1) is 0 Å². The molecule has 1 fully saturated rings. The molecule has 0 atom stereocenters. The molecule has 0 bridgehead atoms. The van der Waals surface area contributed by atoms with Crippen molar-refractivity contribution in [1.82, 2.24) is 14.5 Å². The molecule has 1 aliphatic heterocycles. The molecule has 7 heteroatoms. The molecule has 1 saturated heterocycles. The third-order valence-corrected chi connectivity index (χ3v) is 6.73. The summed E-state index contributed by atoms with van der Waals surface area (Å²) in [6, 6.07) is 16.4. The van der Waals surface area contributed by atoms with Crippen molar-refractivity contribution < 1.29 is 13.2 Å². The number of carbonyl (C=O) groups excluding carboxylic acids is 1. The monoisotopic (exact) mass is 387 g/mol. The molecule has 0 unspecified atom stereocenters. The first-order valence-electron chi connectivity index (χ1n) is 9.05. The number of benzene rings is 2. The molecule has 144 valence electrons. The van der Waals surface area contributed by atoms with E-state index in [1.165, 1.54) is 4.31 Å². The zero-order valence-corrected chi connectivity index (χ0v) is 16.3. The Kier molecular flexibility index (Phi) is 6.26. The average molecular weight is 388 g/mol. The van der Waals surface area contributed by atoms with Crippen LogP contribution in [0.3, 0.4) is 0 Å². The van der Waals surface area contributed by atoms with Crippen molar-refractivity contribution in [3.05, 3.63) is 65.7 Å². The van der Waals surface area contributed by atoms with Crippen LogP contribution in [0.5, 0.6) is 0 Å². The van der Waals surface area contributed by atoms with Gasteiger partial charge >= 0.3 is 0 Å². The van der Waals surface area contributed by atoms with Crippen molar-refractivity contribution in [1.29, 1.82) is 0 Å². The minimum absolute atomic E-state index is 0.0439. The van der Waals surface area contributed by atoms with Crippen LogP contribution in [0.1, 0.15) is 11.1 Å². The molecule has 1 aliphatic rings. The molecule has 1 amide bonds. The van der Waals surface area contributed by atoms with Crippen LogP contribution in [0.25, 0.3) is 0 Å². The van der Waals surface area contributed by atoms with E-state index in [0.29, 0.717) is 37.6 Å². The maximum atomic E-state index is 12.6. The van der Waals surface area contributed by atoms with Gasteiger partial charge in [0.05, 0.1) is 11.4 Å². The van der Waals surface area contributed by atoms with Gasteiger partial charge in [-0.1, -0.05) is 42.5 Å². The lowest BCUT2D eigenvalue weighted by atomic mass is 10.1. The predicted molar refractivity (Wildman–Crippen MR) is 105 cm³/mol. The first-order chi connectivity index (χ1) is 13.0. The molecule has 2 aromatic rings. The van der Waals surface area contributed by atoms with Gasteiger partial charge in [0.1, 0.15) is 0 Å². The largest absolute Gasteiger partial charge is 0.351 e. The maximum Gasteiger partial charge on any atom is 0.243 e. The van der Waals surface area contributed by atoms with Gasteiger partial charge in [0.2, 0.25) is 15.9 Å². The highest BCUT2D eigenvalue weighted by molar-refractivity contribution is 7.89. The summed E-state index contributed by atoms with van der Waals surface area (Å²) in [5, 5.41) is 2.94. The van der Waals surface area contributed by atoms with Gasteiger partial charge in [-0.25, -0.2) is 8.42 Å². The first-order valence-corrected chi connectivity index (χ1v) is 10.5. The second kappa shape index (κ2) is 8.65. The number of piperazine rings is 1. The maximum absolute atomic E-state index is 12.6. The average Bonchev–Trinajstić information content (AvgIpc) is 2.68. The summed E-state index contributed by atoms with van der Waals surface area (Å²) >= 11 is 0. The van der Waals surface area contributed by atoms with Crippen LogP contribution in [0.4, 0.5) is 0 Å². The molecule has 1 heterocycles. The number of sulfonamides is 1. The molecule has 27 heavy (non-hydrogen) atoms. The molecule has 6 nitrogen and oxygen atoms in total. The second-order valence-corrected chi connectivity index (χ2v) is 8.63. The third-order valence-electron chi connectivity index (χ3n) is 4.82. The zero-order chi connectivity index (χ0) is 19.3. The van der Waals surface area contributed by atoms with Gasteiger partial charge in [-0.05, 0) is 30.2 Å². The smallest absolute Gasteiger partial charge is 0.243 e. The fourth-order valence-electron chi connectivity index (χ4n) is 3.13. The van der Waals surface area contributed by atoms with Crippen molar-refractivity contribution >= 4 is 15.9 Å². The summed E-state index contributed by atoms with van der Waals surface area (Å²) in [7, 11) is -3.46. The van der Waals surface area contributed by atoms with E-state index in [9.17, 15) is 13.2 Å². The van der Waals surface area contributed by atoms with Crippen LogP contribution in [0, 0.1) is 6.92 Å². The van der Waals surface area contributed by atoms with E-state index >= 15 is 0 Å². The van der Waals surface area contributed by atoms with Crippen molar-refractivity contribution in [2.24, 2.45) is 0 Å². The molecule has 0 spiro atoms. The van der Waals surface area contributed by atoms with E-state index in [1.54, 1.807) is 30.3 Å². The lowest BCUT2D eigenvalue weighted by molar-refractivity contribution is -0.122. The lowest BCUT2D eigenvalue weighted by Gasteiger charge is -2.33. The normalized spacial score (nSPS) is 16.2.